The third-order valence-electron chi connectivity index (χ3n) is 6.20. The van der Waals surface area contributed by atoms with Gasteiger partial charge in [-0.1, -0.05) is 34.1 Å². The Morgan fingerprint density at radius 1 is 1.16 bits per heavy atom. The number of halogens is 4. The van der Waals surface area contributed by atoms with Gasteiger partial charge in [0.1, 0.15) is 0 Å². The van der Waals surface area contributed by atoms with Crippen LogP contribution in [0.1, 0.15) is 46.4 Å². The first-order chi connectivity index (χ1) is 17.7. The van der Waals surface area contributed by atoms with E-state index >= 15 is 0 Å². The number of anilines is 1. The molecule has 1 amide bonds. The maximum Gasteiger partial charge on any atom is 0.390 e. The number of carbonyl (C=O) groups is 1. The number of aromatic nitrogens is 3. The van der Waals surface area contributed by atoms with Gasteiger partial charge >= 0.3 is 6.18 Å². The molecule has 0 aliphatic heterocycles. The highest BCUT2D eigenvalue weighted by Crippen LogP contribution is 2.28. The first-order valence-corrected chi connectivity index (χ1v) is 12.8. The number of fused-ring (bicyclic) bond motifs is 1. The minimum absolute atomic E-state index is 0.0877. The number of alkyl halides is 3. The van der Waals surface area contributed by atoms with Crippen LogP contribution in [0.15, 0.2) is 59.2 Å². The largest absolute Gasteiger partial charge is 0.390 e. The molecular weight excluding hydrogens is 547 g/mol. The van der Waals surface area contributed by atoms with Gasteiger partial charge in [0.05, 0.1) is 29.7 Å². The van der Waals surface area contributed by atoms with Crippen molar-refractivity contribution < 1.29 is 18.0 Å². The smallest absolute Gasteiger partial charge is 0.382 e. The van der Waals surface area contributed by atoms with Gasteiger partial charge in [-0.05, 0) is 61.2 Å². The minimum Gasteiger partial charge on any atom is -0.382 e. The lowest BCUT2D eigenvalue weighted by Crippen LogP contribution is -2.26. The Morgan fingerprint density at radius 2 is 1.97 bits per heavy atom. The van der Waals surface area contributed by atoms with Crippen LogP contribution in [0.5, 0.6) is 0 Å². The van der Waals surface area contributed by atoms with Crippen molar-refractivity contribution >= 4 is 33.2 Å². The Balaban J connectivity index is 1.51. The molecule has 5 rings (SSSR count). The number of hydrogen-bond donors (Lipinski definition) is 2. The first kappa shape index (κ1) is 25.3. The monoisotopic (exact) mass is 571 g/mol. The third-order valence-corrected chi connectivity index (χ3v) is 6.69. The number of nitrogens with zero attached hydrogens (tertiary/aromatic N) is 3. The molecule has 1 aliphatic carbocycles. The predicted octanol–water partition coefficient (Wildman–Crippen LogP) is 6.31. The number of carbonyl (C=O) groups excluding carboxylic acids is 1. The Kier molecular flexibility index (Phi) is 6.94. The summed E-state index contributed by atoms with van der Waals surface area (Å²) in [6, 6.07) is 15.4. The van der Waals surface area contributed by atoms with Crippen molar-refractivity contribution in [2.24, 2.45) is 0 Å². The van der Waals surface area contributed by atoms with Crippen molar-refractivity contribution in [2.45, 2.75) is 44.8 Å². The molecule has 10 heteroatoms. The molecule has 1 fully saturated rings. The fraction of sp³-hybridized carbons (Fsp3) is 0.296. The lowest BCUT2D eigenvalue weighted by Gasteiger charge is -2.13. The lowest BCUT2D eigenvalue weighted by molar-refractivity contribution is -0.131. The number of aryl methyl sites for hydroxylation is 1. The van der Waals surface area contributed by atoms with Crippen LogP contribution in [0.2, 0.25) is 0 Å². The van der Waals surface area contributed by atoms with E-state index in [0.29, 0.717) is 34.7 Å². The Labute approximate surface area is 220 Å². The molecule has 0 unspecified atom stereocenters. The van der Waals surface area contributed by atoms with Gasteiger partial charge < -0.3 is 10.6 Å². The second kappa shape index (κ2) is 10.2. The van der Waals surface area contributed by atoms with Crippen LogP contribution in [-0.2, 0) is 6.42 Å². The molecule has 2 aromatic carbocycles. The fourth-order valence-electron chi connectivity index (χ4n) is 4.20. The van der Waals surface area contributed by atoms with Crippen molar-refractivity contribution in [3.63, 3.8) is 0 Å². The lowest BCUT2D eigenvalue weighted by atomic mass is 10.0. The van der Waals surface area contributed by atoms with Crippen LogP contribution >= 0.6 is 15.9 Å². The molecule has 0 atom stereocenters. The highest BCUT2D eigenvalue weighted by atomic mass is 79.9. The number of amides is 1. The molecule has 0 radical (unpaired) electrons. The molecular formula is C27H25BrF3N5O. The normalized spacial score (nSPS) is 13.6. The zero-order chi connectivity index (χ0) is 26.2. The van der Waals surface area contributed by atoms with Crippen LogP contribution in [0.25, 0.3) is 16.9 Å². The van der Waals surface area contributed by atoms with Gasteiger partial charge in [0.25, 0.3) is 5.91 Å². The molecule has 1 aliphatic rings. The van der Waals surface area contributed by atoms with Crippen molar-refractivity contribution in [1.82, 2.24) is 19.9 Å². The highest BCUT2D eigenvalue weighted by Gasteiger charge is 2.27. The van der Waals surface area contributed by atoms with Gasteiger partial charge in [0.2, 0.25) is 0 Å². The molecule has 0 saturated heterocycles. The summed E-state index contributed by atoms with van der Waals surface area (Å²) in [5.74, 6) is -0.0877. The molecule has 1 saturated carbocycles. The summed E-state index contributed by atoms with van der Waals surface area (Å²) in [6.45, 7) is 1.61. The van der Waals surface area contributed by atoms with Gasteiger partial charge in [-0.3, -0.25) is 4.79 Å². The summed E-state index contributed by atoms with van der Waals surface area (Å²) < 4.78 is 41.0. The number of hydrogen-bond acceptors (Lipinski definition) is 4. The summed E-state index contributed by atoms with van der Waals surface area (Å²) in [5.41, 5.74) is 5.52. The molecule has 192 valence electrons. The van der Waals surface area contributed by atoms with E-state index in [4.69, 9.17) is 5.10 Å². The molecule has 4 aromatic rings. The van der Waals surface area contributed by atoms with E-state index in [1.165, 1.54) is 0 Å². The van der Waals surface area contributed by atoms with Gasteiger partial charge in [0.15, 0.2) is 5.65 Å². The Morgan fingerprint density at radius 3 is 2.68 bits per heavy atom. The maximum atomic E-state index is 12.8. The van der Waals surface area contributed by atoms with Crippen LogP contribution in [0.4, 0.5) is 18.9 Å². The van der Waals surface area contributed by atoms with Gasteiger partial charge in [0, 0.05) is 34.6 Å². The second-order valence-electron chi connectivity index (χ2n) is 9.30. The zero-order valence-electron chi connectivity index (χ0n) is 20.1. The number of nitrogens with one attached hydrogen (secondary N) is 2. The summed E-state index contributed by atoms with van der Waals surface area (Å²) >= 11 is 3.47. The predicted molar refractivity (Wildman–Crippen MR) is 140 cm³/mol. The van der Waals surface area contributed by atoms with Crippen LogP contribution < -0.4 is 10.6 Å². The van der Waals surface area contributed by atoms with E-state index in [1.54, 1.807) is 22.8 Å². The van der Waals surface area contributed by atoms with E-state index in [-0.39, 0.29) is 18.5 Å². The molecule has 0 spiro atoms. The number of imidazole rings is 1. The van der Waals surface area contributed by atoms with Crippen LogP contribution in [0.3, 0.4) is 0 Å². The second-order valence-corrected chi connectivity index (χ2v) is 10.2. The average molecular weight is 572 g/mol. The van der Waals surface area contributed by atoms with Crippen LogP contribution in [0, 0.1) is 6.92 Å². The Hall–Kier alpha value is -3.40. The van der Waals surface area contributed by atoms with E-state index < -0.39 is 12.6 Å². The van der Waals surface area contributed by atoms with Gasteiger partial charge in [-0.15, -0.1) is 0 Å². The first-order valence-electron chi connectivity index (χ1n) is 12.0. The summed E-state index contributed by atoms with van der Waals surface area (Å²) in [7, 11) is 0. The molecule has 0 bridgehead atoms. The number of rotatable bonds is 8. The van der Waals surface area contributed by atoms with Gasteiger partial charge in [-0.2, -0.15) is 18.3 Å². The van der Waals surface area contributed by atoms with Crippen molar-refractivity contribution in [3.8, 4) is 11.3 Å². The van der Waals surface area contributed by atoms with E-state index in [1.807, 2.05) is 43.3 Å². The van der Waals surface area contributed by atoms with E-state index in [9.17, 15) is 18.0 Å². The van der Waals surface area contributed by atoms with Crippen molar-refractivity contribution in [3.05, 3.63) is 81.6 Å². The molecule has 2 heterocycles. The van der Waals surface area contributed by atoms with Crippen molar-refractivity contribution in [1.29, 1.82) is 0 Å². The summed E-state index contributed by atoms with van der Waals surface area (Å²) in [4.78, 5) is 17.0. The summed E-state index contributed by atoms with van der Waals surface area (Å²) in [5, 5.41) is 10.7. The molecule has 6 nitrogen and oxygen atoms in total. The van der Waals surface area contributed by atoms with Crippen molar-refractivity contribution in [2.75, 3.05) is 11.9 Å². The minimum atomic E-state index is -4.26. The SMILES string of the molecule is Cc1cc(-c2cnc3c(NCCC(F)(F)F)cc(Cc4cccc(Br)c4)nn23)ccc1C(=O)NC1CC1. The fourth-order valence-corrected chi connectivity index (χ4v) is 4.64. The van der Waals surface area contributed by atoms with E-state index in [2.05, 4.69) is 31.5 Å². The molecule has 2 N–H and O–H groups in total. The molecule has 37 heavy (non-hydrogen) atoms. The third kappa shape index (κ3) is 6.12. The number of benzene rings is 2. The Bertz CT molecular complexity index is 1460. The summed E-state index contributed by atoms with van der Waals surface area (Å²) in [6.07, 6.45) is -1.06. The van der Waals surface area contributed by atoms with E-state index in [0.717, 1.165) is 34.0 Å². The van der Waals surface area contributed by atoms with Gasteiger partial charge in [-0.25, -0.2) is 9.50 Å². The molecule has 2 aromatic heterocycles. The quantitative estimate of drug-likeness (QED) is 0.260. The zero-order valence-corrected chi connectivity index (χ0v) is 21.7. The highest BCUT2D eigenvalue weighted by molar-refractivity contribution is 9.10. The van der Waals surface area contributed by atoms with Crippen LogP contribution in [-0.4, -0.2) is 39.3 Å². The maximum absolute atomic E-state index is 12.8. The standard InChI is InChI=1S/C27H25BrF3N5O/c1-16-11-18(5-8-22(16)26(37)34-20-6-7-20)24-15-33-25-23(32-10-9-27(29,30)31)14-21(35-36(24)25)13-17-3-2-4-19(28)12-17/h2-5,8,11-12,14-15,20,32H,6-7,9-10,13H2,1H3,(H,34,37). The topological polar surface area (TPSA) is 71.3 Å². The average Bonchev–Trinajstić information content (AvgIpc) is 3.53.